The number of methoxy groups -OCH3 is 1. The first-order chi connectivity index (χ1) is 10.6. The van der Waals surface area contributed by atoms with Crippen LogP contribution in [-0.2, 0) is 15.3 Å². The number of benzene rings is 1. The van der Waals surface area contributed by atoms with Gasteiger partial charge in [0.25, 0.3) is 0 Å². The molecular weight excluding hydrogens is 298 g/mol. The van der Waals surface area contributed by atoms with Crippen LogP contribution >= 0.6 is 11.8 Å². The largest absolute Gasteiger partial charge is 0.497 e. The van der Waals surface area contributed by atoms with Crippen LogP contribution in [0.4, 0.5) is 0 Å². The molecule has 0 aliphatic heterocycles. The summed E-state index contributed by atoms with van der Waals surface area (Å²) < 4.78 is 10.1. The molecule has 0 N–H and O–H groups in total. The number of carbonyl (C=O) groups excluding carboxylic acids is 1. The van der Waals surface area contributed by atoms with E-state index in [1.165, 1.54) is 5.56 Å². The van der Waals surface area contributed by atoms with Crippen molar-refractivity contribution in [3.63, 3.8) is 0 Å². The lowest BCUT2D eigenvalue weighted by Gasteiger charge is -2.07. The highest BCUT2D eigenvalue weighted by molar-refractivity contribution is 8.13. The number of carbonyl (C=O) groups is 1. The molecule has 0 saturated heterocycles. The van der Waals surface area contributed by atoms with Gasteiger partial charge in [0.05, 0.1) is 18.8 Å². The average Bonchev–Trinajstić information content (AvgIpc) is 2.55. The van der Waals surface area contributed by atoms with E-state index in [1.54, 1.807) is 38.8 Å². The van der Waals surface area contributed by atoms with E-state index in [-0.39, 0.29) is 5.97 Å². The van der Waals surface area contributed by atoms with E-state index < -0.39 is 0 Å². The van der Waals surface area contributed by atoms with E-state index in [2.05, 4.69) is 4.99 Å². The van der Waals surface area contributed by atoms with Crippen molar-refractivity contribution in [3.8, 4) is 5.75 Å². The Balaban J connectivity index is 2.70. The van der Waals surface area contributed by atoms with Gasteiger partial charge in [0.2, 0.25) is 0 Å². The quantitative estimate of drug-likeness (QED) is 0.327. The summed E-state index contributed by atoms with van der Waals surface area (Å²) in [6.45, 7) is 5.95. The maximum absolute atomic E-state index is 11.7. The highest BCUT2D eigenvalue weighted by Gasteiger charge is 2.10. The maximum atomic E-state index is 11.7. The van der Waals surface area contributed by atoms with Gasteiger partial charge in [0, 0.05) is 5.75 Å². The van der Waals surface area contributed by atoms with Gasteiger partial charge in [-0.15, -0.1) is 11.8 Å². The number of thioether (sulfide) groups is 1. The second kappa shape index (κ2) is 10.1. The summed E-state index contributed by atoms with van der Waals surface area (Å²) in [6.07, 6.45) is 2.46. The summed E-state index contributed by atoms with van der Waals surface area (Å²) in [7, 11) is 1.65. The van der Waals surface area contributed by atoms with Crippen LogP contribution < -0.4 is 4.74 Å². The van der Waals surface area contributed by atoms with Gasteiger partial charge in [-0.05, 0) is 38.0 Å². The van der Waals surface area contributed by atoms with Crippen molar-refractivity contribution in [2.75, 3.05) is 13.7 Å². The molecular formula is C17H23NO3S. The molecule has 0 aromatic heterocycles. The number of nitrogens with zero attached hydrogens (tertiary/aromatic N) is 1. The zero-order chi connectivity index (χ0) is 16.4. The first-order valence-electron chi connectivity index (χ1n) is 7.31. The zero-order valence-corrected chi connectivity index (χ0v) is 14.4. The molecule has 22 heavy (non-hydrogen) atoms. The molecule has 0 amide bonds. The van der Waals surface area contributed by atoms with Gasteiger partial charge < -0.3 is 9.47 Å². The fourth-order valence-electron chi connectivity index (χ4n) is 1.67. The molecule has 120 valence electrons. The van der Waals surface area contributed by atoms with Crippen LogP contribution in [0.25, 0.3) is 0 Å². The number of allylic oxidation sites excluding steroid dienone is 1. The third-order valence-electron chi connectivity index (χ3n) is 2.87. The Bertz CT molecular complexity index is 535. The average molecular weight is 321 g/mol. The molecule has 0 spiro atoms. The second-order valence-electron chi connectivity index (χ2n) is 4.39. The van der Waals surface area contributed by atoms with Crippen LogP contribution in [0.5, 0.6) is 5.75 Å². The Labute approximate surface area is 136 Å². The van der Waals surface area contributed by atoms with Crippen LogP contribution in [0.2, 0.25) is 0 Å². The molecule has 1 rings (SSSR count). The van der Waals surface area contributed by atoms with Gasteiger partial charge in [-0.1, -0.05) is 25.1 Å². The SMILES string of the molecule is C/C=C(\N=C(CC)SCc1ccc(OC)cc1)C(=O)OCC. The fraction of sp³-hybridized carbons (Fsp3) is 0.412. The van der Waals surface area contributed by atoms with Crippen molar-refractivity contribution in [2.24, 2.45) is 4.99 Å². The third-order valence-corrected chi connectivity index (χ3v) is 4.06. The Hall–Kier alpha value is -1.75. The third kappa shape index (κ3) is 5.93. The summed E-state index contributed by atoms with van der Waals surface area (Å²) in [4.78, 5) is 16.2. The molecule has 0 unspecified atom stereocenters. The standard InChI is InChI=1S/C17H23NO3S/c1-5-15(17(19)21-7-3)18-16(6-2)22-12-13-8-10-14(20-4)11-9-13/h5,8-11H,6-7,12H2,1-4H3/b15-5-,18-16?. The lowest BCUT2D eigenvalue weighted by Crippen LogP contribution is -2.07. The monoisotopic (exact) mass is 321 g/mol. The maximum Gasteiger partial charge on any atom is 0.356 e. The molecule has 0 radical (unpaired) electrons. The van der Waals surface area contributed by atoms with Gasteiger partial charge in [-0.2, -0.15) is 0 Å². The molecule has 4 nitrogen and oxygen atoms in total. The Morgan fingerprint density at radius 3 is 2.45 bits per heavy atom. The molecule has 0 aliphatic carbocycles. The molecule has 0 saturated carbocycles. The first-order valence-corrected chi connectivity index (χ1v) is 8.29. The summed E-state index contributed by atoms with van der Waals surface area (Å²) in [5, 5.41) is 0.914. The molecule has 0 heterocycles. The second-order valence-corrected chi connectivity index (χ2v) is 5.44. The van der Waals surface area contributed by atoms with Crippen molar-refractivity contribution in [1.29, 1.82) is 0 Å². The van der Waals surface area contributed by atoms with Crippen molar-refractivity contribution in [3.05, 3.63) is 41.6 Å². The molecule has 0 bridgehead atoms. The highest BCUT2D eigenvalue weighted by atomic mass is 32.2. The van der Waals surface area contributed by atoms with Crippen LogP contribution in [0, 0.1) is 0 Å². The first kappa shape index (κ1) is 18.3. The van der Waals surface area contributed by atoms with E-state index in [4.69, 9.17) is 9.47 Å². The van der Waals surface area contributed by atoms with Crippen molar-refractivity contribution in [2.45, 2.75) is 32.9 Å². The Morgan fingerprint density at radius 1 is 1.27 bits per heavy atom. The topological polar surface area (TPSA) is 47.9 Å². The lowest BCUT2D eigenvalue weighted by atomic mass is 10.2. The van der Waals surface area contributed by atoms with E-state index in [1.807, 2.05) is 31.2 Å². The zero-order valence-electron chi connectivity index (χ0n) is 13.6. The molecule has 0 atom stereocenters. The minimum Gasteiger partial charge on any atom is -0.497 e. The molecule has 1 aromatic rings. The van der Waals surface area contributed by atoms with Crippen LogP contribution in [0.15, 0.2) is 41.0 Å². The predicted molar refractivity (Wildman–Crippen MR) is 92.4 cm³/mol. The van der Waals surface area contributed by atoms with E-state index in [0.717, 1.165) is 23.0 Å². The molecule has 0 aliphatic rings. The number of hydrogen-bond donors (Lipinski definition) is 0. The van der Waals surface area contributed by atoms with Gasteiger partial charge in [0.15, 0.2) is 0 Å². The van der Waals surface area contributed by atoms with Crippen molar-refractivity contribution >= 4 is 22.8 Å². The Kier molecular flexibility index (Phi) is 8.36. The van der Waals surface area contributed by atoms with Gasteiger partial charge in [0.1, 0.15) is 11.4 Å². The number of ether oxygens (including phenoxy) is 2. The summed E-state index contributed by atoms with van der Waals surface area (Å²) in [5.74, 6) is 1.27. The summed E-state index contributed by atoms with van der Waals surface area (Å²) >= 11 is 1.63. The number of hydrogen-bond acceptors (Lipinski definition) is 5. The molecule has 5 heteroatoms. The highest BCUT2D eigenvalue weighted by Crippen LogP contribution is 2.20. The van der Waals surface area contributed by atoms with Crippen molar-refractivity contribution < 1.29 is 14.3 Å². The minimum absolute atomic E-state index is 0.353. The van der Waals surface area contributed by atoms with Gasteiger partial charge in [-0.25, -0.2) is 9.79 Å². The minimum atomic E-state index is -0.374. The smallest absolute Gasteiger partial charge is 0.356 e. The number of esters is 1. The fourth-order valence-corrected chi connectivity index (χ4v) is 2.56. The molecule has 0 fully saturated rings. The Morgan fingerprint density at radius 2 is 1.95 bits per heavy atom. The number of rotatable bonds is 7. The summed E-state index contributed by atoms with van der Waals surface area (Å²) in [6, 6.07) is 7.94. The van der Waals surface area contributed by atoms with Crippen LogP contribution in [0.1, 0.15) is 32.8 Å². The molecule has 1 aromatic carbocycles. The summed E-state index contributed by atoms with van der Waals surface area (Å²) in [5.41, 5.74) is 1.55. The van der Waals surface area contributed by atoms with Crippen molar-refractivity contribution in [1.82, 2.24) is 0 Å². The van der Waals surface area contributed by atoms with Crippen LogP contribution in [0.3, 0.4) is 0 Å². The van der Waals surface area contributed by atoms with E-state index in [9.17, 15) is 4.79 Å². The normalized spacial score (nSPS) is 12.2. The number of aliphatic imine (C=N–C) groups is 1. The van der Waals surface area contributed by atoms with Gasteiger partial charge >= 0.3 is 5.97 Å². The van der Waals surface area contributed by atoms with Crippen LogP contribution in [-0.4, -0.2) is 24.7 Å². The lowest BCUT2D eigenvalue weighted by molar-refractivity contribution is -0.138. The van der Waals surface area contributed by atoms with E-state index in [0.29, 0.717) is 12.3 Å². The predicted octanol–water partition coefficient (Wildman–Crippen LogP) is 4.20. The van der Waals surface area contributed by atoms with Gasteiger partial charge in [-0.3, -0.25) is 0 Å². The van der Waals surface area contributed by atoms with E-state index >= 15 is 0 Å².